The topological polar surface area (TPSA) is 92.7 Å². The number of anilines is 1. The molecule has 0 bridgehead atoms. The molecule has 3 aromatic rings. The predicted molar refractivity (Wildman–Crippen MR) is 86.1 cm³/mol. The van der Waals surface area contributed by atoms with Crippen LogP contribution in [0.5, 0.6) is 0 Å². The molecule has 0 atom stereocenters. The molecule has 1 aromatic carbocycles. The number of hydrogen-bond acceptors (Lipinski definition) is 4. The van der Waals surface area contributed by atoms with Crippen LogP contribution < -0.4 is 10.7 Å². The Kier molecular flexibility index (Phi) is 4.33. The molecule has 3 rings (SSSR count). The van der Waals surface area contributed by atoms with Crippen LogP contribution in [0.1, 0.15) is 21.7 Å². The van der Waals surface area contributed by atoms with Crippen molar-refractivity contribution in [2.75, 3.05) is 5.32 Å². The number of hydrogen-bond donors (Lipinski definition) is 2. The van der Waals surface area contributed by atoms with Gasteiger partial charge in [-0.1, -0.05) is 6.07 Å². The number of nitrogens with one attached hydrogen (secondary N) is 2. The van der Waals surface area contributed by atoms with Gasteiger partial charge >= 0.3 is 6.18 Å². The maximum atomic E-state index is 12.9. The number of carbonyl (C=O) groups excluding carboxylic acids is 1. The van der Waals surface area contributed by atoms with Crippen molar-refractivity contribution in [3.05, 3.63) is 69.9 Å². The zero-order chi connectivity index (χ0) is 18.9. The number of alkyl halides is 3. The minimum atomic E-state index is -4.52. The Bertz CT molecular complexity index is 1010. The van der Waals surface area contributed by atoms with Crippen molar-refractivity contribution < 1.29 is 18.0 Å². The maximum absolute atomic E-state index is 12.9. The number of aryl methyl sites for hydroxylation is 1. The lowest BCUT2D eigenvalue weighted by atomic mass is 10.2. The number of nitrogens with zero attached hydrogens (tertiary/aromatic N) is 3. The molecule has 0 saturated carbocycles. The predicted octanol–water partition coefficient (Wildman–Crippen LogP) is 2.54. The van der Waals surface area contributed by atoms with Gasteiger partial charge < -0.3 is 5.32 Å². The van der Waals surface area contributed by atoms with Gasteiger partial charge in [-0.05, 0) is 25.1 Å². The van der Waals surface area contributed by atoms with Crippen molar-refractivity contribution in [3.63, 3.8) is 0 Å². The van der Waals surface area contributed by atoms with E-state index in [1.165, 1.54) is 31.5 Å². The number of amides is 1. The summed E-state index contributed by atoms with van der Waals surface area (Å²) in [6.07, 6.45) is -1.79. The van der Waals surface area contributed by atoms with Crippen molar-refractivity contribution in [3.8, 4) is 5.69 Å². The summed E-state index contributed by atoms with van der Waals surface area (Å²) in [5.74, 6) is -0.794. The van der Waals surface area contributed by atoms with E-state index in [4.69, 9.17) is 0 Å². The molecular formula is C16H12F3N5O2. The van der Waals surface area contributed by atoms with Gasteiger partial charge in [-0.25, -0.2) is 4.68 Å². The second-order valence-corrected chi connectivity index (χ2v) is 5.40. The molecule has 0 unspecified atom stereocenters. The van der Waals surface area contributed by atoms with E-state index in [2.05, 4.69) is 20.6 Å². The normalized spacial score (nSPS) is 11.4. The van der Waals surface area contributed by atoms with Crippen LogP contribution in [-0.2, 0) is 6.18 Å². The van der Waals surface area contributed by atoms with Gasteiger partial charge in [-0.2, -0.15) is 23.4 Å². The first kappa shape index (κ1) is 17.4. The molecule has 2 N–H and O–H groups in total. The molecule has 0 saturated heterocycles. The van der Waals surface area contributed by atoms with Crippen molar-refractivity contribution >= 4 is 11.6 Å². The smallest absolute Gasteiger partial charge is 0.318 e. The molecule has 1 amide bonds. The number of aromatic nitrogens is 4. The Morgan fingerprint density at radius 3 is 2.69 bits per heavy atom. The highest BCUT2D eigenvalue weighted by Gasteiger charge is 2.30. The summed E-state index contributed by atoms with van der Waals surface area (Å²) in [6, 6.07) is 5.58. The number of H-pyrrole nitrogens is 1. The molecule has 0 aliphatic carbocycles. The van der Waals surface area contributed by atoms with Crippen LogP contribution in [0.15, 0.2) is 47.5 Å². The highest BCUT2D eigenvalue weighted by molar-refractivity contribution is 6.02. The standard InChI is InChI=1S/C16H12F3N5O2/c1-9-5-13(25)14(15(26)22-11-7-20-21-8-11)23-24(9)12-4-2-3-10(6-12)16(17,18)19/h2-8H,1H3,(H,20,21)(H,22,26). The lowest BCUT2D eigenvalue weighted by Gasteiger charge is -2.13. The zero-order valence-corrected chi connectivity index (χ0v) is 13.3. The fourth-order valence-electron chi connectivity index (χ4n) is 2.29. The van der Waals surface area contributed by atoms with E-state index in [1.54, 1.807) is 0 Å². The van der Waals surface area contributed by atoms with Gasteiger partial charge in [0.25, 0.3) is 5.91 Å². The summed E-state index contributed by atoms with van der Waals surface area (Å²) in [4.78, 5) is 24.3. The summed E-state index contributed by atoms with van der Waals surface area (Å²) in [7, 11) is 0. The number of benzene rings is 1. The highest BCUT2D eigenvalue weighted by atomic mass is 19.4. The fourth-order valence-corrected chi connectivity index (χ4v) is 2.29. The second-order valence-electron chi connectivity index (χ2n) is 5.40. The summed E-state index contributed by atoms with van der Waals surface area (Å²) in [5.41, 5.74) is -1.27. The first-order valence-corrected chi connectivity index (χ1v) is 7.34. The third-order valence-electron chi connectivity index (χ3n) is 3.50. The van der Waals surface area contributed by atoms with Crippen LogP contribution in [0, 0.1) is 6.92 Å². The van der Waals surface area contributed by atoms with Gasteiger partial charge in [0, 0.05) is 18.0 Å². The molecule has 0 aliphatic rings. The van der Waals surface area contributed by atoms with E-state index in [0.717, 1.165) is 22.9 Å². The van der Waals surface area contributed by atoms with Crippen LogP contribution in [0.3, 0.4) is 0 Å². The Balaban J connectivity index is 2.04. The van der Waals surface area contributed by atoms with Crippen LogP contribution in [-0.4, -0.2) is 25.9 Å². The molecule has 0 aliphatic heterocycles. The van der Waals surface area contributed by atoms with E-state index in [-0.39, 0.29) is 11.4 Å². The van der Waals surface area contributed by atoms with E-state index in [9.17, 15) is 22.8 Å². The Morgan fingerprint density at radius 2 is 2.04 bits per heavy atom. The summed E-state index contributed by atoms with van der Waals surface area (Å²) in [5, 5.41) is 12.5. The molecular weight excluding hydrogens is 351 g/mol. The van der Waals surface area contributed by atoms with Crippen LogP contribution in [0.4, 0.5) is 18.9 Å². The first-order valence-electron chi connectivity index (χ1n) is 7.34. The Morgan fingerprint density at radius 1 is 1.27 bits per heavy atom. The van der Waals surface area contributed by atoms with Crippen molar-refractivity contribution in [2.24, 2.45) is 0 Å². The van der Waals surface area contributed by atoms with Crippen molar-refractivity contribution in [1.29, 1.82) is 0 Å². The first-order chi connectivity index (χ1) is 12.3. The SMILES string of the molecule is Cc1cc(=O)c(C(=O)Nc2cn[nH]c2)nn1-c1cccc(C(F)(F)F)c1. The molecule has 0 fully saturated rings. The van der Waals surface area contributed by atoms with Gasteiger partial charge in [0.2, 0.25) is 5.43 Å². The number of halogens is 3. The van der Waals surface area contributed by atoms with Crippen molar-refractivity contribution in [2.45, 2.75) is 13.1 Å². The van der Waals surface area contributed by atoms with E-state index < -0.39 is 28.8 Å². The van der Waals surface area contributed by atoms with E-state index in [1.807, 2.05) is 0 Å². The van der Waals surface area contributed by atoms with Gasteiger partial charge in [0.05, 0.1) is 23.1 Å². The van der Waals surface area contributed by atoms with Gasteiger partial charge in [0.1, 0.15) is 0 Å². The number of rotatable bonds is 3. The lowest BCUT2D eigenvalue weighted by Crippen LogP contribution is -2.26. The molecule has 7 nitrogen and oxygen atoms in total. The summed E-state index contributed by atoms with van der Waals surface area (Å²) >= 11 is 0. The quantitative estimate of drug-likeness (QED) is 0.748. The second kappa shape index (κ2) is 6.47. The molecule has 26 heavy (non-hydrogen) atoms. The Labute approximate surface area is 144 Å². The highest BCUT2D eigenvalue weighted by Crippen LogP contribution is 2.30. The van der Waals surface area contributed by atoms with E-state index >= 15 is 0 Å². The monoisotopic (exact) mass is 363 g/mol. The molecule has 134 valence electrons. The largest absolute Gasteiger partial charge is 0.416 e. The fraction of sp³-hybridized carbons (Fsp3) is 0.125. The molecule has 0 spiro atoms. The Hall–Kier alpha value is -3.43. The summed E-state index contributed by atoms with van der Waals surface area (Å²) in [6.45, 7) is 1.51. The number of carbonyl (C=O) groups is 1. The van der Waals surface area contributed by atoms with Gasteiger partial charge in [-0.15, -0.1) is 0 Å². The zero-order valence-electron chi connectivity index (χ0n) is 13.3. The minimum absolute atomic E-state index is 0.0784. The van der Waals surface area contributed by atoms with Gasteiger partial charge in [-0.3, -0.25) is 14.7 Å². The van der Waals surface area contributed by atoms with Crippen LogP contribution in [0.25, 0.3) is 5.69 Å². The third-order valence-corrected chi connectivity index (χ3v) is 3.50. The summed E-state index contributed by atoms with van der Waals surface area (Å²) < 4.78 is 39.9. The van der Waals surface area contributed by atoms with Crippen molar-refractivity contribution in [1.82, 2.24) is 20.0 Å². The lowest BCUT2D eigenvalue weighted by molar-refractivity contribution is -0.137. The van der Waals surface area contributed by atoms with Gasteiger partial charge in [0.15, 0.2) is 5.69 Å². The number of aromatic amines is 1. The van der Waals surface area contributed by atoms with Crippen LogP contribution in [0.2, 0.25) is 0 Å². The molecule has 10 heteroatoms. The molecule has 2 aromatic heterocycles. The van der Waals surface area contributed by atoms with Crippen LogP contribution >= 0.6 is 0 Å². The molecule has 2 heterocycles. The third kappa shape index (κ3) is 3.48. The minimum Gasteiger partial charge on any atom is -0.318 e. The van der Waals surface area contributed by atoms with E-state index in [0.29, 0.717) is 5.69 Å². The average molecular weight is 363 g/mol. The average Bonchev–Trinajstić information content (AvgIpc) is 3.07. The molecule has 0 radical (unpaired) electrons. The maximum Gasteiger partial charge on any atom is 0.416 e.